The topological polar surface area (TPSA) is 46.2 Å². The quantitative estimate of drug-likeness (QED) is 0.930. The Bertz CT molecular complexity index is 581. The number of sulfone groups is 1. The van der Waals surface area contributed by atoms with Crippen molar-refractivity contribution in [2.45, 2.75) is 43.7 Å². The van der Waals surface area contributed by atoms with Gasteiger partial charge in [-0.1, -0.05) is 18.2 Å². The van der Waals surface area contributed by atoms with Crippen LogP contribution in [0.5, 0.6) is 0 Å². The summed E-state index contributed by atoms with van der Waals surface area (Å²) < 4.78 is 36.8. The highest BCUT2D eigenvalue weighted by molar-refractivity contribution is 7.91. The molecule has 1 aromatic rings. The molecular formula is C15H20FNO2S. The predicted molar refractivity (Wildman–Crippen MR) is 77.0 cm³/mol. The van der Waals surface area contributed by atoms with Gasteiger partial charge in [-0.3, -0.25) is 0 Å². The van der Waals surface area contributed by atoms with Crippen LogP contribution in [0.4, 0.5) is 4.39 Å². The van der Waals surface area contributed by atoms with Crippen LogP contribution in [0.3, 0.4) is 0 Å². The summed E-state index contributed by atoms with van der Waals surface area (Å²) in [5.74, 6) is 0.728. The summed E-state index contributed by atoms with van der Waals surface area (Å²) in [5, 5.41) is 3.43. The fraction of sp³-hybridized carbons (Fsp3) is 0.600. The first kappa shape index (κ1) is 14.0. The number of hydrogen-bond acceptors (Lipinski definition) is 3. The third kappa shape index (κ3) is 3.04. The molecule has 5 heteroatoms. The van der Waals surface area contributed by atoms with Crippen molar-refractivity contribution < 1.29 is 12.8 Å². The third-order valence-corrected chi connectivity index (χ3v) is 6.24. The molecule has 0 radical (unpaired) electrons. The molecule has 3 nitrogen and oxygen atoms in total. The minimum Gasteiger partial charge on any atom is -0.310 e. The molecule has 3 rings (SSSR count). The number of hydrogen-bond donors (Lipinski definition) is 1. The minimum atomic E-state index is -2.86. The first-order chi connectivity index (χ1) is 9.53. The van der Waals surface area contributed by atoms with Crippen LogP contribution in [0.15, 0.2) is 24.3 Å². The number of nitrogens with one attached hydrogen (secondary N) is 1. The first-order valence-corrected chi connectivity index (χ1v) is 9.06. The average Bonchev–Trinajstić information content (AvgIpc) is 2.33. The van der Waals surface area contributed by atoms with Gasteiger partial charge in [0.2, 0.25) is 0 Å². The van der Waals surface area contributed by atoms with Crippen molar-refractivity contribution in [3.05, 3.63) is 35.6 Å². The van der Waals surface area contributed by atoms with E-state index in [0.29, 0.717) is 11.8 Å². The second-order valence-corrected chi connectivity index (χ2v) is 8.24. The normalized spacial score (nSPS) is 32.5. The van der Waals surface area contributed by atoms with E-state index in [1.807, 2.05) is 12.1 Å². The summed E-state index contributed by atoms with van der Waals surface area (Å²) in [5.41, 5.74) is 0.793. The molecule has 0 aromatic heterocycles. The minimum absolute atomic E-state index is 0.0836. The molecule has 1 heterocycles. The second kappa shape index (κ2) is 5.45. The lowest BCUT2D eigenvalue weighted by atomic mass is 9.75. The Morgan fingerprint density at radius 2 is 1.90 bits per heavy atom. The van der Waals surface area contributed by atoms with Crippen LogP contribution >= 0.6 is 0 Å². The highest BCUT2D eigenvalue weighted by Crippen LogP contribution is 2.38. The fourth-order valence-corrected chi connectivity index (χ4v) is 4.95. The molecule has 0 bridgehead atoms. The molecule has 2 aliphatic rings. The molecule has 20 heavy (non-hydrogen) atoms. The van der Waals surface area contributed by atoms with Crippen molar-refractivity contribution in [2.75, 3.05) is 11.5 Å². The lowest BCUT2D eigenvalue weighted by molar-refractivity contribution is 0.259. The van der Waals surface area contributed by atoms with Gasteiger partial charge < -0.3 is 5.32 Å². The van der Waals surface area contributed by atoms with E-state index in [2.05, 4.69) is 5.32 Å². The summed E-state index contributed by atoms with van der Waals surface area (Å²) >= 11 is 0. The van der Waals surface area contributed by atoms with Crippen LogP contribution in [-0.4, -0.2) is 32.0 Å². The summed E-state index contributed by atoms with van der Waals surface area (Å²) in [6, 6.07) is 7.34. The molecule has 110 valence electrons. The zero-order valence-corrected chi connectivity index (χ0v) is 12.2. The molecule has 1 atom stereocenters. The van der Waals surface area contributed by atoms with Gasteiger partial charge in [-0.05, 0) is 43.2 Å². The van der Waals surface area contributed by atoms with Crippen molar-refractivity contribution in [3.8, 4) is 0 Å². The van der Waals surface area contributed by atoms with Gasteiger partial charge in [0.1, 0.15) is 5.82 Å². The van der Waals surface area contributed by atoms with E-state index in [4.69, 9.17) is 0 Å². The van der Waals surface area contributed by atoms with E-state index in [9.17, 15) is 12.8 Å². The summed E-state index contributed by atoms with van der Waals surface area (Å²) in [7, 11) is -2.86. The van der Waals surface area contributed by atoms with E-state index < -0.39 is 9.84 Å². The van der Waals surface area contributed by atoms with Crippen LogP contribution in [0.1, 0.15) is 37.2 Å². The Balaban J connectivity index is 1.53. The van der Waals surface area contributed by atoms with Crippen LogP contribution in [-0.2, 0) is 9.84 Å². The average molecular weight is 297 g/mol. The van der Waals surface area contributed by atoms with Gasteiger partial charge in [-0.25, -0.2) is 12.8 Å². The highest BCUT2D eigenvalue weighted by Gasteiger charge is 2.34. The van der Waals surface area contributed by atoms with Gasteiger partial charge in [0.25, 0.3) is 0 Å². The Kier molecular flexibility index (Phi) is 3.82. The molecule has 1 N–H and O–H groups in total. The van der Waals surface area contributed by atoms with Gasteiger partial charge >= 0.3 is 0 Å². The fourth-order valence-electron chi connectivity index (χ4n) is 3.30. The molecular weight excluding hydrogens is 277 g/mol. The van der Waals surface area contributed by atoms with Crippen molar-refractivity contribution in [2.24, 2.45) is 0 Å². The number of halogens is 1. The lowest BCUT2D eigenvalue weighted by Crippen LogP contribution is -2.49. The summed E-state index contributed by atoms with van der Waals surface area (Å²) in [4.78, 5) is 0. The van der Waals surface area contributed by atoms with Crippen molar-refractivity contribution in [3.63, 3.8) is 0 Å². The Morgan fingerprint density at radius 1 is 1.15 bits per heavy atom. The zero-order valence-electron chi connectivity index (χ0n) is 11.4. The van der Waals surface area contributed by atoms with E-state index in [0.717, 1.165) is 31.2 Å². The van der Waals surface area contributed by atoms with E-state index >= 15 is 0 Å². The second-order valence-electron chi connectivity index (χ2n) is 6.01. The maximum absolute atomic E-state index is 13.6. The Labute approximate surface area is 119 Å². The van der Waals surface area contributed by atoms with Gasteiger partial charge in [0.15, 0.2) is 9.84 Å². The number of benzene rings is 1. The molecule has 0 spiro atoms. The van der Waals surface area contributed by atoms with Crippen molar-refractivity contribution in [1.82, 2.24) is 5.32 Å². The number of rotatable bonds is 3. The standard InChI is InChI=1S/C15H20FNO2S/c16-15-6-2-1-5-14(15)11-8-13(9-11)17-12-4-3-7-20(18,19)10-12/h1-2,5-6,11-13,17H,3-4,7-10H2. The van der Waals surface area contributed by atoms with Crippen LogP contribution < -0.4 is 5.32 Å². The maximum atomic E-state index is 13.6. The third-order valence-electron chi connectivity index (χ3n) is 4.42. The molecule has 1 aliphatic heterocycles. The summed E-state index contributed by atoms with van der Waals surface area (Å²) in [6.07, 6.45) is 3.48. The van der Waals surface area contributed by atoms with Crippen molar-refractivity contribution in [1.29, 1.82) is 0 Å². The smallest absolute Gasteiger partial charge is 0.151 e. The first-order valence-electron chi connectivity index (χ1n) is 7.24. The van der Waals surface area contributed by atoms with Gasteiger partial charge in [0.05, 0.1) is 11.5 Å². The van der Waals surface area contributed by atoms with E-state index in [1.54, 1.807) is 6.07 Å². The van der Waals surface area contributed by atoms with Crippen LogP contribution in [0, 0.1) is 5.82 Å². The molecule has 1 saturated carbocycles. The van der Waals surface area contributed by atoms with E-state index in [1.165, 1.54) is 6.07 Å². The van der Waals surface area contributed by atoms with Crippen molar-refractivity contribution >= 4 is 9.84 Å². The molecule has 0 amide bonds. The zero-order chi connectivity index (χ0) is 14.2. The monoisotopic (exact) mass is 297 g/mol. The van der Waals surface area contributed by atoms with Crippen LogP contribution in [0.2, 0.25) is 0 Å². The highest BCUT2D eigenvalue weighted by atomic mass is 32.2. The van der Waals surface area contributed by atoms with Gasteiger partial charge in [-0.2, -0.15) is 0 Å². The molecule has 2 fully saturated rings. The predicted octanol–water partition coefficient (Wildman–Crippen LogP) is 2.24. The summed E-state index contributed by atoms with van der Waals surface area (Å²) in [6.45, 7) is 0. The molecule has 1 aliphatic carbocycles. The van der Waals surface area contributed by atoms with Gasteiger partial charge in [-0.15, -0.1) is 0 Å². The molecule has 1 unspecified atom stereocenters. The molecule has 1 saturated heterocycles. The largest absolute Gasteiger partial charge is 0.310 e. The maximum Gasteiger partial charge on any atom is 0.151 e. The molecule has 1 aromatic carbocycles. The van der Waals surface area contributed by atoms with E-state index in [-0.39, 0.29) is 23.5 Å². The Hall–Kier alpha value is -0.940. The SMILES string of the molecule is O=S1(=O)CCCC(NC2CC(c3ccccc3F)C2)C1. The van der Waals surface area contributed by atoms with Crippen LogP contribution in [0.25, 0.3) is 0 Å². The van der Waals surface area contributed by atoms with Gasteiger partial charge in [0, 0.05) is 12.1 Å². The lowest BCUT2D eigenvalue weighted by Gasteiger charge is -2.39. The Morgan fingerprint density at radius 3 is 2.60 bits per heavy atom.